The number of aromatic nitrogens is 3. The highest BCUT2D eigenvalue weighted by atomic mass is 79.9. The van der Waals surface area contributed by atoms with Crippen molar-refractivity contribution in [3.05, 3.63) is 40.9 Å². The Bertz CT molecular complexity index is 625. The first-order chi connectivity index (χ1) is 11.2. The number of benzene rings is 1. The van der Waals surface area contributed by atoms with Crippen LogP contribution in [0.1, 0.15) is 12.7 Å². The Kier molecular flexibility index (Phi) is 6.86. The molecular weight excluding hydrogens is 360 g/mol. The summed E-state index contributed by atoms with van der Waals surface area (Å²) in [4.78, 5) is 8.63. The molecule has 23 heavy (non-hydrogen) atoms. The van der Waals surface area contributed by atoms with E-state index in [1.807, 2.05) is 38.2 Å². The van der Waals surface area contributed by atoms with Crippen LogP contribution in [0.2, 0.25) is 0 Å². The third kappa shape index (κ3) is 5.90. The zero-order chi connectivity index (χ0) is 16.5. The number of rotatable bonds is 7. The highest BCUT2D eigenvalue weighted by Gasteiger charge is 2.01. The number of hydrogen-bond donors (Lipinski definition) is 2. The van der Waals surface area contributed by atoms with Crippen molar-refractivity contribution in [2.45, 2.75) is 13.5 Å². The average molecular weight is 381 g/mol. The van der Waals surface area contributed by atoms with Crippen molar-refractivity contribution in [1.29, 1.82) is 0 Å². The van der Waals surface area contributed by atoms with Gasteiger partial charge in [-0.1, -0.05) is 15.9 Å². The second-order valence-electron chi connectivity index (χ2n) is 4.72. The third-order valence-corrected chi connectivity index (χ3v) is 3.53. The first-order valence-electron chi connectivity index (χ1n) is 7.42. The molecular formula is C15H21BrN6O. The van der Waals surface area contributed by atoms with Crippen LogP contribution in [0.5, 0.6) is 5.75 Å². The molecule has 0 amide bonds. The number of hydrogen-bond acceptors (Lipinski definition) is 4. The van der Waals surface area contributed by atoms with Crippen molar-refractivity contribution < 1.29 is 4.74 Å². The van der Waals surface area contributed by atoms with Crippen LogP contribution >= 0.6 is 15.9 Å². The molecule has 2 rings (SSSR count). The van der Waals surface area contributed by atoms with E-state index >= 15 is 0 Å². The van der Waals surface area contributed by atoms with Gasteiger partial charge in [0.2, 0.25) is 0 Å². The summed E-state index contributed by atoms with van der Waals surface area (Å²) in [7, 11) is 1.85. The van der Waals surface area contributed by atoms with Crippen molar-refractivity contribution in [1.82, 2.24) is 25.4 Å². The molecule has 1 aromatic carbocycles. The van der Waals surface area contributed by atoms with Crippen molar-refractivity contribution in [3.8, 4) is 5.75 Å². The van der Waals surface area contributed by atoms with Crippen LogP contribution in [0.25, 0.3) is 0 Å². The van der Waals surface area contributed by atoms with E-state index in [2.05, 4.69) is 41.6 Å². The summed E-state index contributed by atoms with van der Waals surface area (Å²) in [6.07, 6.45) is 1.53. The minimum Gasteiger partial charge on any atom is -0.492 e. The molecule has 2 N–H and O–H groups in total. The fourth-order valence-electron chi connectivity index (χ4n) is 1.82. The molecule has 7 nitrogen and oxygen atoms in total. The molecule has 0 saturated heterocycles. The molecule has 1 aromatic heterocycles. The van der Waals surface area contributed by atoms with E-state index in [4.69, 9.17) is 4.74 Å². The maximum Gasteiger partial charge on any atom is 0.191 e. The van der Waals surface area contributed by atoms with Gasteiger partial charge in [-0.2, -0.15) is 5.10 Å². The largest absolute Gasteiger partial charge is 0.492 e. The predicted molar refractivity (Wildman–Crippen MR) is 93.5 cm³/mol. The van der Waals surface area contributed by atoms with Gasteiger partial charge in [-0.15, -0.1) is 0 Å². The molecule has 124 valence electrons. The Hall–Kier alpha value is -2.09. The van der Waals surface area contributed by atoms with Gasteiger partial charge in [0.15, 0.2) is 5.96 Å². The van der Waals surface area contributed by atoms with Gasteiger partial charge in [0.05, 0.1) is 6.54 Å². The van der Waals surface area contributed by atoms with Gasteiger partial charge in [0.25, 0.3) is 0 Å². The summed E-state index contributed by atoms with van der Waals surface area (Å²) in [6, 6.07) is 7.76. The Morgan fingerprint density at radius 1 is 1.30 bits per heavy atom. The molecule has 0 fully saturated rings. The van der Waals surface area contributed by atoms with Gasteiger partial charge < -0.3 is 15.4 Å². The number of aliphatic imine (C=N–C) groups is 1. The van der Waals surface area contributed by atoms with E-state index in [0.717, 1.165) is 28.6 Å². The van der Waals surface area contributed by atoms with E-state index in [1.165, 1.54) is 6.33 Å². The van der Waals surface area contributed by atoms with Crippen LogP contribution in [0.4, 0.5) is 0 Å². The Morgan fingerprint density at radius 2 is 2.09 bits per heavy atom. The number of aryl methyl sites for hydroxylation is 1. The number of nitrogens with zero attached hydrogens (tertiary/aromatic N) is 4. The SMILES string of the molecule is CCNC(=NCc1ncnn1C)NCCOc1ccc(Br)cc1. The van der Waals surface area contributed by atoms with Gasteiger partial charge in [0.1, 0.15) is 31.1 Å². The zero-order valence-corrected chi connectivity index (χ0v) is 14.9. The quantitative estimate of drug-likeness (QED) is 0.434. The standard InChI is InChI=1S/C15H21BrN6O/c1-3-17-15(19-10-14-20-11-21-22(14)2)18-8-9-23-13-6-4-12(16)5-7-13/h4-7,11H,3,8-10H2,1-2H3,(H2,17,18,19). The number of nitrogens with one attached hydrogen (secondary N) is 2. The minimum atomic E-state index is 0.472. The summed E-state index contributed by atoms with van der Waals surface area (Å²) in [5.41, 5.74) is 0. The summed E-state index contributed by atoms with van der Waals surface area (Å²) in [6.45, 7) is 4.49. The van der Waals surface area contributed by atoms with Gasteiger partial charge in [0, 0.05) is 18.1 Å². The number of ether oxygens (including phenoxy) is 1. The van der Waals surface area contributed by atoms with Crippen molar-refractivity contribution in [3.63, 3.8) is 0 Å². The molecule has 0 aliphatic rings. The van der Waals surface area contributed by atoms with E-state index in [9.17, 15) is 0 Å². The highest BCUT2D eigenvalue weighted by molar-refractivity contribution is 9.10. The number of guanidine groups is 1. The van der Waals surface area contributed by atoms with Crippen molar-refractivity contribution in [2.24, 2.45) is 12.0 Å². The summed E-state index contributed by atoms with van der Waals surface area (Å²) >= 11 is 3.40. The van der Waals surface area contributed by atoms with Crippen LogP contribution in [0, 0.1) is 0 Å². The van der Waals surface area contributed by atoms with E-state index in [0.29, 0.717) is 19.7 Å². The minimum absolute atomic E-state index is 0.472. The van der Waals surface area contributed by atoms with Gasteiger partial charge in [-0.25, -0.2) is 9.98 Å². The maximum atomic E-state index is 5.67. The smallest absolute Gasteiger partial charge is 0.191 e. The Morgan fingerprint density at radius 3 is 2.74 bits per heavy atom. The van der Waals surface area contributed by atoms with E-state index in [1.54, 1.807) is 4.68 Å². The highest BCUT2D eigenvalue weighted by Crippen LogP contribution is 2.15. The van der Waals surface area contributed by atoms with Crippen LogP contribution in [-0.2, 0) is 13.6 Å². The normalized spacial score (nSPS) is 11.3. The number of halogens is 1. The maximum absolute atomic E-state index is 5.67. The Balaban J connectivity index is 1.77. The van der Waals surface area contributed by atoms with Crippen LogP contribution in [0.15, 0.2) is 40.1 Å². The lowest BCUT2D eigenvalue weighted by Gasteiger charge is -2.12. The van der Waals surface area contributed by atoms with Gasteiger partial charge >= 0.3 is 0 Å². The Labute approximate surface area is 144 Å². The molecule has 0 radical (unpaired) electrons. The molecule has 0 atom stereocenters. The lowest BCUT2D eigenvalue weighted by molar-refractivity contribution is 0.322. The molecule has 0 aliphatic heterocycles. The summed E-state index contributed by atoms with van der Waals surface area (Å²) in [5, 5.41) is 10.4. The first kappa shape index (κ1) is 17.3. The second-order valence-corrected chi connectivity index (χ2v) is 5.64. The first-order valence-corrected chi connectivity index (χ1v) is 8.21. The third-order valence-electron chi connectivity index (χ3n) is 3.00. The molecule has 0 bridgehead atoms. The van der Waals surface area contributed by atoms with Crippen LogP contribution in [-0.4, -0.2) is 40.4 Å². The molecule has 0 spiro atoms. The molecule has 0 saturated carbocycles. The molecule has 0 unspecified atom stereocenters. The zero-order valence-electron chi connectivity index (χ0n) is 13.3. The fourth-order valence-corrected chi connectivity index (χ4v) is 2.09. The second kappa shape index (κ2) is 9.14. The molecule has 2 aromatic rings. The molecule has 0 aliphatic carbocycles. The predicted octanol–water partition coefficient (Wildman–Crippen LogP) is 1.71. The van der Waals surface area contributed by atoms with Crippen LogP contribution < -0.4 is 15.4 Å². The van der Waals surface area contributed by atoms with E-state index < -0.39 is 0 Å². The lowest BCUT2D eigenvalue weighted by Crippen LogP contribution is -2.39. The average Bonchev–Trinajstić information content (AvgIpc) is 2.96. The monoisotopic (exact) mass is 380 g/mol. The van der Waals surface area contributed by atoms with Gasteiger partial charge in [-0.3, -0.25) is 4.68 Å². The topological polar surface area (TPSA) is 76.4 Å². The van der Waals surface area contributed by atoms with Crippen molar-refractivity contribution in [2.75, 3.05) is 19.7 Å². The summed E-state index contributed by atoms with van der Waals surface area (Å²) in [5.74, 6) is 2.39. The van der Waals surface area contributed by atoms with Crippen molar-refractivity contribution >= 4 is 21.9 Å². The summed E-state index contributed by atoms with van der Waals surface area (Å²) < 4.78 is 8.41. The molecule has 1 heterocycles. The van der Waals surface area contributed by atoms with Gasteiger partial charge in [-0.05, 0) is 31.2 Å². The molecule has 8 heteroatoms. The fraction of sp³-hybridized carbons (Fsp3) is 0.400. The van der Waals surface area contributed by atoms with Crippen LogP contribution in [0.3, 0.4) is 0 Å². The lowest BCUT2D eigenvalue weighted by atomic mass is 10.3. The van der Waals surface area contributed by atoms with E-state index in [-0.39, 0.29) is 0 Å².